The molecule has 22 heavy (non-hydrogen) atoms. The van der Waals surface area contributed by atoms with Crippen molar-refractivity contribution in [1.82, 2.24) is 5.32 Å². The van der Waals surface area contributed by atoms with Crippen LogP contribution in [0.1, 0.15) is 15.2 Å². The van der Waals surface area contributed by atoms with E-state index in [9.17, 15) is 14.9 Å². The predicted octanol–water partition coefficient (Wildman–Crippen LogP) is 3.74. The van der Waals surface area contributed by atoms with Crippen molar-refractivity contribution >= 4 is 33.0 Å². The van der Waals surface area contributed by atoms with E-state index in [1.165, 1.54) is 12.1 Å². The number of nitro groups is 1. The summed E-state index contributed by atoms with van der Waals surface area (Å²) < 4.78 is 0. The maximum atomic E-state index is 12.0. The topological polar surface area (TPSA) is 72.2 Å². The average Bonchev–Trinajstić information content (AvgIpc) is 3.03. The molecular formula is C16H12N2O3S. The second kappa shape index (κ2) is 5.95. The van der Waals surface area contributed by atoms with E-state index >= 15 is 0 Å². The van der Waals surface area contributed by atoms with Gasteiger partial charge in [0.15, 0.2) is 0 Å². The third-order valence-corrected chi connectivity index (χ3v) is 4.30. The number of fused-ring (bicyclic) bond motifs is 1. The molecule has 0 aliphatic heterocycles. The predicted molar refractivity (Wildman–Crippen MR) is 86.1 cm³/mol. The molecule has 3 aromatic rings. The fourth-order valence-corrected chi connectivity index (χ4v) is 2.90. The van der Waals surface area contributed by atoms with Crippen LogP contribution in [0.2, 0.25) is 0 Å². The van der Waals surface area contributed by atoms with Gasteiger partial charge in [-0.25, -0.2) is 0 Å². The SMILES string of the molecule is O=C(NCc1ccc2ccccc2c1)c1ccc([N+](=O)[O-])s1. The number of benzene rings is 2. The zero-order chi connectivity index (χ0) is 15.5. The summed E-state index contributed by atoms with van der Waals surface area (Å²) in [6, 6.07) is 16.8. The molecule has 1 heterocycles. The third-order valence-electron chi connectivity index (χ3n) is 3.26. The second-order valence-electron chi connectivity index (χ2n) is 4.76. The molecule has 1 amide bonds. The van der Waals surface area contributed by atoms with Crippen LogP contribution in [0.3, 0.4) is 0 Å². The van der Waals surface area contributed by atoms with Gasteiger partial charge in [0.2, 0.25) is 0 Å². The number of carbonyl (C=O) groups is 1. The molecule has 0 saturated carbocycles. The molecule has 1 aromatic heterocycles. The third kappa shape index (κ3) is 2.96. The number of rotatable bonds is 4. The molecule has 0 unspecified atom stereocenters. The Kier molecular flexibility index (Phi) is 3.84. The average molecular weight is 312 g/mol. The van der Waals surface area contributed by atoms with Crippen LogP contribution in [-0.4, -0.2) is 10.8 Å². The Bertz CT molecular complexity index is 857. The molecule has 1 N–H and O–H groups in total. The highest BCUT2D eigenvalue weighted by Crippen LogP contribution is 2.23. The van der Waals surface area contributed by atoms with E-state index < -0.39 is 4.92 Å². The Hall–Kier alpha value is -2.73. The highest BCUT2D eigenvalue weighted by molar-refractivity contribution is 7.17. The molecule has 2 aromatic carbocycles. The smallest absolute Gasteiger partial charge is 0.324 e. The lowest BCUT2D eigenvalue weighted by molar-refractivity contribution is -0.380. The maximum Gasteiger partial charge on any atom is 0.324 e. The zero-order valence-electron chi connectivity index (χ0n) is 11.5. The van der Waals surface area contributed by atoms with Crippen molar-refractivity contribution in [3.05, 3.63) is 75.2 Å². The molecule has 110 valence electrons. The summed E-state index contributed by atoms with van der Waals surface area (Å²) in [5, 5.41) is 15.6. The Balaban J connectivity index is 1.70. The van der Waals surface area contributed by atoms with Gasteiger partial charge in [-0.05, 0) is 28.5 Å². The second-order valence-corrected chi connectivity index (χ2v) is 5.82. The van der Waals surface area contributed by atoms with Crippen LogP contribution >= 0.6 is 11.3 Å². The first-order valence-electron chi connectivity index (χ1n) is 6.63. The normalized spacial score (nSPS) is 10.5. The summed E-state index contributed by atoms with van der Waals surface area (Å²) in [5.74, 6) is -0.300. The minimum Gasteiger partial charge on any atom is -0.347 e. The van der Waals surface area contributed by atoms with Gasteiger partial charge in [0, 0.05) is 12.6 Å². The Labute approximate surface area is 130 Å². The van der Waals surface area contributed by atoms with Crippen LogP contribution in [0.4, 0.5) is 5.00 Å². The molecule has 0 aliphatic rings. The number of nitrogens with one attached hydrogen (secondary N) is 1. The van der Waals surface area contributed by atoms with E-state index in [0.717, 1.165) is 27.7 Å². The molecule has 0 atom stereocenters. The first-order valence-corrected chi connectivity index (χ1v) is 7.45. The van der Waals surface area contributed by atoms with Gasteiger partial charge in [0.25, 0.3) is 5.91 Å². The molecule has 0 saturated heterocycles. The standard InChI is InChI=1S/C16H12N2O3S/c19-16(14-7-8-15(22-14)18(20)21)17-10-11-5-6-12-3-1-2-4-13(12)9-11/h1-9H,10H2,(H,17,19). The number of nitrogens with zero attached hydrogens (tertiary/aromatic N) is 1. The number of hydrogen-bond donors (Lipinski definition) is 1. The number of hydrogen-bond acceptors (Lipinski definition) is 4. The Morgan fingerprint density at radius 1 is 1.09 bits per heavy atom. The van der Waals surface area contributed by atoms with Crippen molar-refractivity contribution in [2.75, 3.05) is 0 Å². The van der Waals surface area contributed by atoms with E-state index in [4.69, 9.17) is 0 Å². The Morgan fingerprint density at radius 2 is 1.86 bits per heavy atom. The number of thiophene rings is 1. The van der Waals surface area contributed by atoms with Gasteiger partial charge in [-0.3, -0.25) is 14.9 Å². The molecule has 3 rings (SSSR count). The largest absolute Gasteiger partial charge is 0.347 e. The monoisotopic (exact) mass is 312 g/mol. The van der Waals surface area contributed by atoms with Crippen LogP contribution in [0.15, 0.2) is 54.6 Å². The minimum atomic E-state index is -0.495. The lowest BCUT2D eigenvalue weighted by Gasteiger charge is -2.05. The molecule has 0 spiro atoms. The van der Waals surface area contributed by atoms with Gasteiger partial charge >= 0.3 is 5.00 Å². The maximum absolute atomic E-state index is 12.0. The van der Waals surface area contributed by atoms with Gasteiger partial charge < -0.3 is 5.32 Å². The minimum absolute atomic E-state index is 0.0316. The molecule has 0 bridgehead atoms. The van der Waals surface area contributed by atoms with Gasteiger partial charge in [0.1, 0.15) is 0 Å². The summed E-state index contributed by atoms with van der Waals surface area (Å²) >= 11 is 0.876. The van der Waals surface area contributed by atoms with Crippen molar-refractivity contribution in [3.63, 3.8) is 0 Å². The van der Waals surface area contributed by atoms with Gasteiger partial charge in [-0.1, -0.05) is 47.7 Å². The van der Waals surface area contributed by atoms with Gasteiger partial charge in [-0.2, -0.15) is 0 Å². The summed E-state index contributed by atoms with van der Waals surface area (Å²) in [6.07, 6.45) is 0. The summed E-state index contributed by atoms with van der Waals surface area (Å²) in [6.45, 7) is 0.384. The van der Waals surface area contributed by atoms with Crippen LogP contribution in [0.25, 0.3) is 10.8 Å². The van der Waals surface area contributed by atoms with Gasteiger partial charge in [-0.15, -0.1) is 0 Å². The van der Waals surface area contributed by atoms with Crippen LogP contribution in [0, 0.1) is 10.1 Å². The lowest BCUT2D eigenvalue weighted by atomic mass is 10.1. The van der Waals surface area contributed by atoms with Crippen LogP contribution in [0.5, 0.6) is 0 Å². The first-order chi connectivity index (χ1) is 10.6. The summed E-state index contributed by atoms with van der Waals surface area (Å²) in [4.78, 5) is 22.5. The quantitative estimate of drug-likeness (QED) is 0.589. The zero-order valence-corrected chi connectivity index (χ0v) is 12.3. The van der Waals surface area contributed by atoms with E-state index in [0.29, 0.717) is 11.4 Å². The molecule has 0 fully saturated rings. The van der Waals surface area contributed by atoms with Crippen molar-refractivity contribution in [1.29, 1.82) is 0 Å². The molecule has 6 heteroatoms. The van der Waals surface area contributed by atoms with Gasteiger partial charge in [0.05, 0.1) is 9.80 Å². The highest BCUT2D eigenvalue weighted by Gasteiger charge is 2.14. The van der Waals surface area contributed by atoms with Crippen LogP contribution < -0.4 is 5.32 Å². The fourth-order valence-electron chi connectivity index (χ4n) is 2.17. The summed E-state index contributed by atoms with van der Waals surface area (Å²) in [5.41, 5.74) is 0.984. The van der Waals surface area contributed by atoms with E-state index in [1.807, 2.05) is 42.5 Å². The molecule has 0 radical (unpaired) electrons. The number of carbonyl (C=O) groups excluding carboxylic acids is 1. The van der Waals surface area contributed by atoms with E-state index in [-0.39, 0.29) is 10.9 Å². The molecular weight excluding hydrogens is 300 g/mol. The fraction of sp³-hybridized carbons (Fsp3) is 0.0625. The lowest BCUT2D eigenvalue weighted by Crippen LogP contribution is -2.21. The Morgan fingerprint density at radius 3 is 2.59 bits per heavy atom. The highest BCUT2D eigenvalue weighted by atomic mass is 32.1. The van der Waals surface area contributed by atoms with E-state index in [2.05, 4.69) is 5.32 Å². The van der Waals surface area contributed by atoms with Crippen molar-refractivity contribution < 1.29 is 9.72 Å². The van der Waals surface area contributed by atoms with Crippen molar-refractivity contribution in [2.45, 2.75) is 6.54 Å². The summed E-state index contributed by atoms with van der Waals surface area (Å²) in [7, 11) is 0. The number of amides is 1. The van der Waals surface area contributed by atoms with Crippen molar-refractivity contribution in [2.24, 2.45) is 0 Å². The first kappa shape index (κ1) is 14.2. The van der Waals surface area contributed by atoms with Crippen molar-refractivity contribution in [3.8, 4) is 0 Å². The molecule has 0 aliphatic carbocycles. The van der Waals surface area contributed by atoms with E-state index in [1.54, 1.807) is 0 Å². The van der Waals surface area contributed by atoms with Crippen LogP contribution in [-0.2, 0) is 6.54 Å². The molecule has 5 nitrogen and oxygen atoms in total.